The SMILES string of the molecule is CNC(c1ccc(Cl)cc1Br)c1c(Cl)cnn1C(C)C. The van der Waals surface area contributed by atoms with E-state index in [1.807, 2.05) is 29.9 Å². The number of hydrogen-bond acceptors (Lipinski definition) is 2. The van der Waals surface area contributed by atoms with Gasteiger partial charge in [0.1, 0.15) is 0 Å². The number of rotatable bonds is 4. The van der Waals surface area contributed by atoms with E-state index in [1.54, 1.807) is 6.20 Å². The lowest BCUT2D eigenvalue weighted by Crippen LogP contribution is -2.23. The average Bonchev–Trinajstić information content (AvgIpc) is 2.75. The smallest absolute Gasteiger partial charge is 0.0837 e. The van der Waals surface area contributed by atoms with Gasteiger partial charge in [0.15, 0.2) is 0 Å². The lowest BCUT2D eigenvalue weighted by Gasteiger charge is -2.22. The van der Waals surface area contributed by atoms with Gasteiger partial charge >= 0.3 is 0 Å². The van der Waals surface area contributed by atoms with Crippen molar-refractivity contribution in [1.82, 2.24) is 15.1 Å². The van der Waals surface area contributed by atoms with E-state index in [2.05, 4.69) is 40.2 Å². The molecule has 0 spiro atoms. The third kappa shape index (κ3) is 3.03. The Kier molecular flexibility index (Phi) is 5.13. The van der Waals surface area contributed by atoms with Crippen molar-refractivity contribution in [2.45, 2.75) is 25.9 Å². The van der Waals surface area contributed by atoms with Crippen LogP contribution in [-0.2, 0) is 0 Å². The van der Waals surface area contributed by atoms with Crippen LogP contribution in [0.5, 0.6) is 0 Å². The first-order valence-corrected chi connectivity index (χ1v) is 7.85. The number of aromatic nitrogens is 2. The fourth-order valence-electron chi connectivity index (χ4n) is 2.21. The third-order valence-electron chi connectivity index (χ3n) is 3.11. The van der Waals surface area contributed by atoms with Gasteiger partial charge in [0, 0.05) is 15.5 Å². The van der Waals surface area contributed by atoms with Gasteiger partial charge in [-0.1, -0.05) is 45.2 Å². The minimum Gasteiger partial charge on any atom is -0.308 e. The van der Waals surface area contributed by atoms with Gasteiger partial charge in [-0.05, 0) is 38.6 Å². The lowest BCUT2D eigenvalue weighted by molar-refractivity contribution is 0.484. The average molecular weight is 377 g/mol. The zero-order valence-electron chi connectivity index (χ0n) is 11.5. The first-order valence-electron chi connectivity index (χ1n) is 6.30. The maximum absolute atomic E-state index is 6.33. The molecule has 2 aromatic rings. The van der Waals surface area contributed by atoms with Crippen LogP contribution >= 0.6 is 39.1 Å². The predicted octanol–water partition coefficient (Wildman–Crippen LogP) is 4.84. The van der Waals surface area contributed by atoms with Crippen molar-refractivity contribution in [2.75, 3.05) is 7.05 Å². The molecule has 1 aromatic heterocycles. The standard InChI is InChI=1S/C14H16BrCl2N3/c1-8(2)20-14(12(17)7-19-20)13(18-3)10-5-4-9(16)6-11(10)15/h4-8,13,18H,1-3H3. The number of halogens is 3. The highest BCUT2D eigenvalue weighted by atomic mass is 79.9. The van der Waals surface area contributed by atoms with Crippen LogP contribution in [0.4, 0.5) is 0 Å². The van der Waals surface area contributed by atoms with Crippen molar-refractivity contribution >= 4 is 39.1 Å². The molecule has 0 fully saturated rings. The van der Waals surface area contributed by atoms with Gasteiger partial charge in [-0.25, -0.2) is 0 Å². The second-order valence-electron chi connectivity index (χ2n) is 4.80. The van der Waals surface area contributed by atoms with E-state index in [0.717, 1.165) is 15.7 Å². The monoisotopic (exact) mass is 375 g/mol. The molecular formula is C14H16BrCl2N3. The molecule has 6 heteroatoms. The molecule has 20 heavy (non-hydrogen) atoms. The van der Waals surface area contributed by atoms with Gasteiger partial charge in [-0.2, -0.15) is 5.10 Å². The van der Waals surface area contributed by atoms with Crippen LogP contribution in [0.1, 0.15) is 37.2 Å². The normalized spacial score (nSPS) is 12.9. The highest BCUT2D eigenvalue weighted by Gasteiger charge is 2.23. The Morgan fingerprint density at radius 1 is 1.30 bits per heavy atom. The molecule has 1 aromatic carbocycles. The lowest BCUT2D eigenvalue weighted by atomic mass is 10.0. The fraction of sp³-hybridized carbons (Fsp3) is 0.357. The largest absolute Gasteiger partial charge is 0.308 e. The Morgan fingerprint density at radius 3 is 2.55 bits per heavy atom. The molecular weight excluding hydrogens is 361 g/mol. The molecule has 1 N–H and O–H groups in total. The summed E-state index contributed by atoms with van der Waals surface area (Å²) in [6.07, 6.45) is 1.69. The Bertz CT molecular complexity index is 610. The van der Waals surface area contributed by atoms with Gasteiger partial charge < -0.3 is 5.32 Å². The van der Waals surface area contributed by atoms with Crippen LogP contribution in [0.15, 0.2) is 28.9 Å². The molecule has 108 valence electrons. The van der Waals surface area contributed by atoms with E-state index in [0.29, 0.717) is 10.0 Å². The number of benzene rings is 1. The molecule has 0 aliphatic rings. The topological polar surface area (TPSA) is 29.9 Å². The summed E-state index contributed by atoms with van der Waals surface area (Å²) in [7, 11) is 1.90. The highest BCUT2D eigenvalue weighted by molar-refractivity contribution is 9.10. The van der Waals surface area contributed by atoms with Gasteiger partial charge in [0.25, 0.3) is 0 Å². The quantitative estimate of drug-likeness (QED) is 0.827. The molecule has 1 unspecified atom stereocenters. The minimum atomic E-state index is -0.0564. The van der Waals surface area contributed by atoms with E-state index in [-0.39, 0.29) is 12.1 Å². The van der Waals surface area contributed by atoms with Gasteiger partial charge in [-0.15, -0.1) is 0 Å². The molecule has 0 saturated carbocycles. The summed E-state index contributed by atoms with van der Waals surface area (Å²) >= 11 is 15.9. The van der Waals surface area contributed by atoms with Crippen molar-refractivity contribution in [2.24, 2.45) is 0 Å². The second-order valence-corrected chi connectivity index (χ2v) is 6.50. The molecule has 0 bridgehead atoms. The van der Waals surface area contributed by atoms with Crippen LogP contribution < -0.4 is 5.32 Å². The number of nitrogens with one attached hydrogen (secondary N) is 1. The molecule has 0 aliphatic carbocycles. The molecule has 2 rings (SSSR count). The summed E-state index contributed by atoms with van der Waals surface area (Å²) in [6, 6.07) is 5.92. The van der Waals surface area contributed by atoms with Gasteiger partial charge in [0.2, 0.25) is 0 Å². The Labute approximate surface area is 137 Å². The zero-order chi connectivity index (χ0) is 14.9. The van der Waals surface area contributed by atoms with E-state index in [1.165, 1.54) is 0 Å². The Morgan fingerprint density at radius 2 is 2.00 bits per heavy atom. The number of hydrogen-bond donors (Lipinski definition) is 1. The first kappa shape index (κ1) is 15.8. The van der Waals surface area contributed by atoms with Crippen molar-refractivity contribution in [3.05, 3.63) is 50.2 Å². The summed E-state index contributed by atoms with van der Waals surface area (Å²) in [6.45, 7) is 4.16. The molecule has 1 heterocycles. The van der Waals surface area contributed by atoms with Crippen molar-refractivity contribution in [3.63, 3.8) is 0 Å². The van der Waals surface area contributed by atoms with Crippen LogP contribution in [0.2, 0.25) is 10.0 Å². The van der Waals surface area contributed by atoms with Crippen molar-refractivity contribution in [1.29, 1.82) is 0 Å². The van der Waals surface area contributed by atoms with Gasteiger partial charge in [-0.3, -0.25) is 4.68 Å². The summed E-state index contributed by atoms with van der Waals surface area (Å²) in [5, 5.41) is 9.01. The van der Waals surface area contributed by atoms with E-state index < -0.39 is 0 Å². The summed E-state index contributed by atoms with van der Waals surface area (Å²) in [4.78, 5) is 0. The summed E-state index contributed by atoms with van der Waals surface area (Å²) in [5.41, 5.74) is 2.02. The maximum atomic E-state index is 6.33. The first-order chi connectivity index (χ1) is 9.45. The van der Waals surface area contributed by atoms with Crippen LogP contribution in [0, 0.1) is 0 Å². The molecule has 0 saturated heterocycles. The summed E-state index contributed by atoms with van der Waals surface area (Å²) in [5.74, 6) is 0. The van der Waals surface area contributed by atoms with Crippen LogP contribution in [-0.4, -0.2) is 16.8 Å². The molecule has 0 amide bonds. The van der Waals surface area contributed by atoms with Crippen molar-refractivity contribution < 1.29 is 0 Å². The number of nitrogens with zero attached hydrogens (tertiary/aromatic N) is 2. The second kappa shape index (κ2) is 6.48. The Balaban J connectivity index is 2.55. The summed E-state index contributed by atoms with van der Waals surface area (Å²) < 4.78 is 2.88. The van der Waals surface area contributed by atoms with Crippen LogP contribution in [0.25, 0.3) is 0 Å². The minimum absolute atomic E-state index is 0.0564. The fourth-order valence-corrected chi connectivity index (χ4v) is 3.36. The molecule has 0 radical (unpaired) electrons. The maximum Gasteiger partial charge on any atom is 0.0837 e. The molecule has 1 atom stereocenters. The van der Waals surface area contributed by atoms with E-state index >= 15 is 0 Å². The highest BCUT2D eigenvalue weighted by Crippen LogP contribution is 2.34. The van der Waals surface area contributed by atoms with Gasteiger partial charge in [0.05, 0.1) is 23.0 Å². The predicted molar refractivity (Wildman–Crippen MR) is 87.7 cm³/mol. The third-order valence-corrected chi connectivity index (χ3v) is 4.32. The van der Waals surface area contributed by atoms with Crippen molar-refractivity contribution in [3.8, 4) is 0 Å². The van der Waals surface area contributed by atoms with E-state index in [9.17, 15) is 0 Å². The molecule has 3 nitrogen and oxygen atoms in total. The molecule has 0 aliphatic heterocycles. The Hall–Kier alpha value is -0.550. The van der Waals surface area contributed by atoms with Crippen LogP contribution in [0.3, 0.4) is 0 Å². The van der Waals surface area contributed by atoms with E-state index in [4.69, 9.17) is 23.2 Å². The zero-order valence-corrected chi connectivity index (χ0v) is 14.6.